The van der Waals surface area contributed by atoms with Gasteiger partial charge in [-0.3, -0.25) is 4.79 Å². The second-order valence-corrected chi connectivity index (χ2v) is 5.44. The number of nitrogens with zero attached hydrogens (tertiary/aromatic N) is 5. The lowest BCUT2D eigenvalue weighted by Crippen LogP contribution is -2.54. The number of ether oxygens (including phenoxy) is 1. The fourth-order valence-corrected chi connectivity index (χ4v) is 2.50. The van der Waals surface area contributed by atoms with Gasteiger partial charge in [-0.25, -0.2) is 4.79 Å². The SMILES string of the molecule is CC(C(=O)N1CCOCC1C(=O)O)n1nnc(-c2ccccc2)n1. The van der Waals surface area contributed by atoms with E-state index in [1.807, 2.05) is 30.3 Å². The molecule has 2 heterocycles. The zero-order valence-corrected chi connectivity index (χ0v) is 13.1. The molecule has 2 unspecified atom stereocenters. The van der Waals surface area contributed by atoms with E-state index >= 15 is 0 Å². The zero-order chi connectivity index (χ0) is 17.1. The van der Waals surface area contributed by atoms with Gasteiger partial charge < -0.3 is 14.7 Å². The van der Waals surface area contributed by atoms with E-state index in [0.717, 1.165) is 5.56 Å². The van der Waals surface area contributed by atoms with Crippen LogP contribution in [0.15, 0.2) is 30.3 Å². The number of benzene rings is 1. The molecule has 0 spiro atoms. The second-order valence-electron chi connectivity index (χ2n) is 5.44. The van der Waals surface area contributed by atoms with Crippen LogP contribution in [0, 0.1) is 0 Å². The molecule has 24 heavy (non-hydrogen) atoms. The van der Waals surface area contributed by atoms with E-state index in [0.29, 0.717) is 12.4 Å². The van der Waals surface area contributed by atoms with Gasteiger partial charge >= 0.3 is 5.97 Å². The first-order valence-corrected chi connectivity index (χ1v) is 7.54. The summed E-state index contributed by atoms with van der Waals surface area (Å²) in [5, 5.41) is 21.4. The molecular formula is C15H17N5O4. The Morgan fingerprint density at radius 3 is 2.79 bits per heavy atom. The van der Waals surface area contributed by atoms with Crippen LogP contribution in [0.3, 0.4) is 0 Å². The number of carbonyl (C=O) groups is 2. The molecule has 126 valence electrons. The Bertz CT molecular complexity index is 732. The summed E-state index contributed by atoms with van der Waals surface area (Å²) in [4.78, 5) is 26.4. The zero-order valence-electron chi connectivity index (χ0n) is 13.1. The minimum Gasteiger partial charge on any atom is -0.480 e. The largest absolute Gasteiger partial charge is 0.480 e. The highest BCUT2D eigenvalue weighted by molar-refractivity contribution is 5.86. The van der Waals surface area contributed by atoms with Gasteiger partial charge in [-0.2, -0.15) is 4.80 Å². The average Bonchev–Trinajstić information content (AvgIpc) is 3.11. The number of carboxylic acid groups (broad SMARTS) is 1. The Labute approximate surface area is 137 Å². The first-order valence-electron chi connectivity index (χ1n) is 7.54. The van der Waals surface area contributed by atoms with E-state index < -0.39 is 18.1 Å². The fourth-order valence-electron chi connectivity index (χ4n) is 2.50. The van der Waals surface area contributed by atoms with Crippen molar-refractivity contribution < 1.29 is 19.4 Å². The molecule has 1 amide bonds. The molecular weight excluding hydrogens is 314 g/mol. The van der Waals surface area contributed by atoms with Crippen molar-refractivity contribution in [3.05, 3.63) is 30.3 Å². The van der Waals surface area contributed by atoms with Crippen LogP contribution in [0.4, 0.5) is 0 Å². The lowest BCUT2D eigenvalue weighted by Gasteiger charge is -2.34. The summed E-state index contributed by atoms with van der Waals surface area (Å²) in [6, 6.07) is 7.53. The van der Waals surface area contributed by atoms with Gasteiger partial charge in [0.15, 0.2) is 6.04 Å². The Balaban J connectivity index is 1.78. The fraction of sp³-hybridized carbons (Fsp3) is 0.400. The van der Waals surface area contributed by atoms with Crippen LogP contribution >= 0.6 is 0 Å². The van der Waals surface area contributed by atoms with Gasteiger partial charge in [-0.15, -0.1) is 10.2 Å². The maximum absolute atomic E-state index is 12.6. The molecule has 2 atom stereocenters. The minimum atomic E-state index is -1.09. The third kappa shape index (κ3) is 3.11. The van der Waals surface area contributed by atoms with Gasteiger partial charge in [0.25, 0.3) is 0 Å². The lowest BCUT2D eigenvalue weighted by atomic mass is 10.2. The number of rotatable bonds is 4. The molecule has 1 N–H and O–H groups in total. The third-order valence-corrected chi connectivity index (χ3v) is 3.86. The first kappa shape index (κ1) is 16.1. The summed E-state index contributed by atoms with van der Waals surface area (Å²) in [7, 11) is 0. The van der Waals surface area contributed by atoms with Crippen LogP contribution in [0.5, 0.6) is 0 Å². The maximum atomic E-state index is 12.6. The summed E-state index contributed by atoms with van der Waals surface area (Å²) in [6.45, 7) is 2.13. The smallest absolute Gasteiger partial charge is 0.328 e. The number of carbonyl (C=O) groups excluding carboxylic acids is 1. The van der Waals surface area contributed by atoms with Crippen molar-refractivity contribution in [2.45, 2.75) is 19.0 Å². The van der Waals surface area contributed by atoms with Crippen LogP contribution in [0.1, 0.15) is 13.0 Å². The number of aliphatic carboxylic acids is 1. The van der Waals surface area contributed by atoms with Crippen molar-refractivity contribution in [3.63, 3.8) is 0 Å². The molecule has 0 saturated carbocycles. The first-order chi connectivity index (χ1) is 11.6. The molecule has 3 rings (SSSR count). The highest BCUT2D eigenvalue weighted by atomic mass is 16.5. The van der Waals surface area contributed by atoms with Crippen molar-refractivity contribution in [2.75, 3.05) is 19.8 Å². The quantitative estimate of drug-likeness (QED) is 0.852. The van der Waals surface area contributed by atoms with Crippen LogP contribution in [-0.2, 0) is 14.3 Å². The molecule has 0 radical (unpaired) electrons. The molecule has 0 aliphatic carbocycles. The van der Waals surface area contributed by atoms with Crippen LogP contribution in [-0.4, -0.2) is 67.9 Å². The minimum absolute atomic E-state index is 0.0200. The topological polar surface area (TPSA) is 110 Å². The van der Waals surface area contributed by atoms with Crippen molar-refractivity contribution in [1.82, 2.24) is 25.1 Å². The highest BCUT2D eigenvalue weighted by Gasteiger charge is 2.36. The van der Waals surface area contributed by atoms with Crippen LogP contribution in [0.2, 0.25) is 0 Å². The number of hydrogen-bond acceptors (Lipinski definition) is 6. The molecule has 1 fully saturated rings. The summed E-state index contributed by atoms with van der Waals surface area (Å²) < 4.78 is 5.15. The normalized spacial score (nSPS) is 19.0. The van der Waals surface area contributed by atoms with E-state index in [2.05, 4.69) is 15.4 Å². The predicted octanol–water partition coefficient (Wildman–Crippen LogP) is 0.213. The van der Waals surface area contributed by atoms with Crippen molar-refractivity contribution in [1.29, 1.82) is 0 Å². The van der Waals surface area contributed by atoms with E-state index in [-0.39, 0.29) is 19.1 Å². The van der Waals surface area contributed by atoms with E-state index in [1.54, 1.807) is 6.92 Å². The summed E-state index contributed by atoms with van der Waals surface area (Å²) >= 11 is 0. The van der Waals surface area contributed by atoms with Crippen molar-refractivity contribution in [3.8, 4) is 11.4 Å². The number of tetrazole rings is 1. The van der Waals surface area contributed by atoms with E-state index in [4.69, 9.17) is 4.74 Å². The maximum Gasteiger partial charge on any atom is 0.328 e. The second kappa shape index (κ2) is 6.75. The van der Waals surface area contributed by atoms with Crippen LogP contribution in [0.25, 0.3) is 11.4 Å². The summed E-state index contributed by atoms with van der Waals surface area (Å²) in [5.41, 5.74) is 0.790. The number of aromatic nitrogens is 4. The molecule has 1 aromatic carbocycles. The monoisotopic (exact) mass is 331 g/mol. The highest BCUT2D eigenvalue weighted by Crippen LogP contribution is 2.17. The number of amides is 1. The van der Waals surface area contributed by atoms with Gasteiger partial charge in [0.2, 0.25) is 11.7 Å². The Kier molecular flexibility index (Phi) is 4.52. The van der Waals surface area contributed by atoms with Crippen molar-refractivity contribution in [2.24, 2.45) is 0 Å². The van der Waals surface area contributed by atoms with E-state index in [1.165, 1.54) is 9.70 Å². The molecule has 1 saturated heterocycles. The molecule has 1 aromatic heterocycles. The lowest BCUT2D eigenvalue weighted by molar-refractivity contribution is -0.160. The molecule has 1 aliphatic rings. The molecule has 2 aromatic rings. The van der Waals surface area contributed by atoms with Gasteiger partial charge in [0.05, 0.1) is 13.2 Å². The summed E-state index contributed by atoms with van der Waals surface area (Å²) in [6.07, 6.45) is 0. The van der Waals surface area contributed by atoms with Gasteiger partial charge in [0.1, 0.15) is 6.04 Å². The number of carboxylic acids is 1. The number of hydrogen-bond donors (Lipinski definition) is 1. The molecule has 9 nitrogen and oxygen atoms in total. The van der Waals surface area contributed by atoms with Crippen LogP contribution < -0.4 is 0 Å². The number of morpholine rings is 1. The molecule has 0 bridgehead atoms. The van der Waals surface area contributed by atoms with Gasteiger partial charge in [-0.1, -0.05) is 30.3 Å². The standard InChI is InChI=1S/C15H17N5O4/c1-10(14(21)19-7-8-24-9-12(19)15(22)23)20-17-13(16-18-20)11-5-3-2-4-6-11/h2-6,10,12H,7-9H2,1H3,(H,22,23). The van der Waals surface area contributed by atoms with E-state index in [9.17, 15) is 14.7 Å². The Morgan fingerprint density at radius 2 is 2.08 bits per heavy atom. The average molecular weight is 331 g/mol. The Hall–Kier alpha value is -2.81. The third-order valence-electron chi connectivity index (χ3n) is 3.86. The Morgan fingerprint density at radius 1 is 1.33 bits per heavy atom. The molecule has 9 heteroatoms. The van der Waals surface area contributed by atoms with Gasteiger partial charge in [-0.05, 0) is 12.1 Å². The van der Waals surface area contributed by atoms with Crippen molar-refractivity contribution >= 4 is 11.9 Å². The van der Waals surface area contributed by atoms with Gasteiger partial charge in [0, 0.05) is 12.1 Å². The molecule has 1 aliphatic heterocycles. The summed E-state index contributed by atoms with van der Waals surface area (Å²) in [5.74, 6) is -1.05. The predicted molar refractivity (Wildman–Crippen MR) is 81.9 cm³/mol.